The first-order valence-electron chi connectivity index (χ1n) is 8.16. The first kappa shape index (κ1) is 15.5. The predicted octanol–water partition coefficient (Wildman–Crippen LogP) is 3.52. The topological polar surface area (TPSA) is 36.4 Å². The molecule has 1 aromatic heterocycles. The summed E-state index contributed by atoms with van der Waals surface area (Å²) in [5, 5.41) is 0. The number of hydrogen-bond acceptors (Lipinski definition) is 3. The van der Waals surface area contributed by atoms with Gasteiger partial charge in [0.25, 0.3) is 5.91 Å². The second kappa shape index (κ2) is 6.82. The average Bonchev–Trinajstić information content (AvgIpc) is 2.62. The molecule has 1 fully saturated rings. The molecule has 0 spiro atoms. The zero-order valence-corrected chi connectivity index (χ0v) is 13.8. The molecule has 0 bridgehead atoms. The highest BCUT2D eigenvalue weighted by molar-refractivity contribution is 5.94. The second-order valence-electron chi connectivity index (χ2n) is 6.22. The van der Waals surface area contributed by atoms with Crippen LogP contribution in [0.2, 0.25) is 0 Å². The molecule has 1 aliphatic rings. The van der Waals surface area contributed by atoms with Crippen LogP contribution in [0.15, 0.2) is 48.7 Å². The number of carbonyl (C=O) groups excluding carboxylic acids is 1. The minimum Gasteiger partial charge on any atom is -0.363 e. The normalized spacial score (nSPS) is 17.8. The molecule has 0 N–H and O–H groups in total. The van der Waals surface area contributed by atoms with Crippen LogP contribution < -0.4 is 4.90 Å². The Bertz CT molecular complexity index is 652. The third kappa shape index (κ3) is 3.36. The van der Waals surface area contributed by atoms with Crippen LogP contribution in [0.1, 0.15) is 41.2 Å². The Morgan fingerprint density at radius 3 is 2.57 bits per heavy atom. The van der Waals surface area contributed by atoms with Gasteiger partial charge in [-0.1, -0.05) is 24.3 Å². The van der Waals surface area contributed by atoms with E-state index in [1.165, 1.54) is 0 Å². The van der Waals surface area contributed by atoms with Crippen molar-refractivity contribution in [1.29, 1.82) is 0 Å². The summed E-state index contributed by atoms with van der Waals surface area (Å²) in [5.74, 6) is 1.05. The monoisotopic (exact) mass is 309 g/mol. The SMILES string of the molecule is CN(C)c1ccc([C@@H]2CCCCN2C(=O)c2ccccc2)cn1. The number of likely N-dealkylation sites (tertiary alicyclic amines) is 1. The minimum atomic E-state index is 0.118. The maximum absolute atomic E-state index is 12.9. The minimum absolute atomic E-state index is 0.118. The quantitative estimate of drug-likeness (QED) is 0.870. The van der Waals surface area contributed by atoms with Crippen LogP contribution in [0.5, 0.6) is 0 Å². The molecule has 4 nitrogen and oxygen atoms in total. The van der Waals surface area contributed by atoms with E-state index in [4.69, 9.17) is 0 Å². The van der Waals surface area contributed by atoms with Gasteiger partial charge < -0.3 is 9.80 Å². The Balaban J connectivity index is 1.85. The molecular weight excluding hydrogens is 286 g/mol. The molecule has 1 saturated heterocycles. The van der Waals surface area contributed by atoms with E-state index in [0.717, 1.165) is 42.8 Å². The van der Waals surface area contributed by atoms with Crippen LogP contribution in [-0.4, -0.2) is 36.4 Å². The number of hydrogen-bond donors (Lipinski definition) is 0. The van der Waals surface area contributed by atoms with E-state index in [9.17, 15) is 4.79 Å². The summed E-state index contributed by atoms with van der Waals surface area (Å²) >= 11 is 0. The van der Waals surface area contributed by atoms with Crippen molar-refractivity contribution in [2.75, 3.05) is 25.5 Å². The molecule has 0 radical (unpaired) electrons. The van der Waals surface area contributed by atoms with Crippen molar-refractivity contribution >= 4 is 11.7 Å². The lowest BCUT2D eigenvalue weighted by molar-refractivity contribution is 0.0611. The summed E-state index contributed by atoms with van der Waals surface area (Å²) in [5.41, 5.74) is 1.89. The van der Waals surface area contributed by atoms with E-state index >= 15 is 0 Å². The molecule has 3 rings (SSSR count). The molecular formula is C19H23N3O. The number of anilines is 1. The van der Waals surface area contributed by atoms with Crippen molar-refractivity contribution in [2.24, 2.45) is 0 Å². The maximum Gasteiger partial charge on any atom is 0.254 e. The third-order valence-electron chi connectivity index (χ3n) is 4.40. The number of benzene rings is 1. The lowest BCUT2D eigenvalue weighted by Crippen LogP contribution is -2.38. The average molecular weight is 309 g/mol. The first-order valence-corrected chi connectivity index (χ1v) is 8.16. The Hall–Kier alpha value is -2.36. The van der Waals surface area contributed by atoms with Crippen molar-refractivity contribution in [1.82, 2.24) is 9.88 Å². The van der Waals surface area contributed by atoms with Gasteiger partial charge in [-0.15, -0.1) is 0 Å². The van der Waals surface area contributed by atoms with Crippen molar-refractivity contribution in [3.05, 3.63) is 59.8 Å². The molecule has 23 heavy (non-hydrogen) atoms. The van der Waals surface area contributed by atoms with E-state index in [2.05, 4.69) is 11.1 Å². The smallest absolute Gasteiger partial charge is 0.254 e. The largest absolute Gasteiger partial charge is 0.363 e. The summed E-state index contributed by atoms with van der Waals surface area (Å²) in [6.07, 6.45) is 5.13. The van der Waals surface area contributed by atoms with Gasteiger partial charge in [-0.25, -0.2) is 4.98 Å². The molecule has 1 atom stereocenters. The summed E-state index contributed by atoms with van der Waals surface area (Å²) in [4.78, 5) is 21.4. The number of rotatable bonds is 3. The van der Waals surface area contributed by atoms with Gasteiger partial charge in [-0.2, -0.15) is 0 Å². The molecule has 0 saturated carbocycles. The van der Waals surface area contributed by atoms with E-state index in [1.807, 2.05) is 66.5 Å². The van der Waals surface area contributed by atoms with Crippen LogP contribution in [0.4, 0.5) is 5.82 Å². The third-order valence-corrected chi connectivity index (χ3v) is 4.40. The summed E-state index contributed by atoms with van der Waals surface area (Å²) in [6.45, 7) is 0.813. The van der Waals surface area contributed by atoms with Gasteiger partial charge in [0.15, 0.2) is 0 Å². The molecule has 0 unspecified atom stereocenters. The number of piperidine rings is 1. The highest BCUT2D eigenvalue weighted by atomic mass is 16.2. The highest BCUT2D eigenvalue weighted by Gasteiger charge is 2.28. The van der Waals surface area contributed by atoms with E-state index in [1.54, 1.807) is 0 Å². The van der Waals surface area contributed by atoms with Crippen molar-refractivity contribution in [3.8, 4) is 0 Å². The molecule has 2 aromatic rings. The van der Waals surface area contributed by atoms with Gasteiger partial charge in [-0.3, -0.25) is 4.79 Å². The Morgan fingerprint density at radius 2 is 1.91 bits per heavy atom. The number of carbonyl (C=O) groups is 1. The molecule has 1 aliphatic heterocycles. The predicted molar refractivity (Wildman–Crippen MR) is 92.6 cm³/mol. The molecule has 120 valence electrons. The maximum atomic E-state index is 12.9. The standard InChI is InChI=1S/C19H23N3O/c1-21(2)18-12-11-16(14-20-18)17-10-6-7-13-22(17)19(23)15-8-4-3-5-9-15/h3-5,8-9,11-12,14,17H,6-7,10,13H2,1-2H3/t17-/m0/s1. The van der Waals surface area contributed by atoms with Crippen molar-refractivity contribution in [2.45, 2.75) is 25.3 Å². The zero-order chi connectivity index (χ0) is 16.2. The zero-order valence-electron chi connectivity index (χ0n) is 13.8. The Labute approximate surface area is 137 Å². The first-order chi connectivity index (χ1) is 11.2. The molecule has 0 aliphatic carbocycles. The fourth-order valence-corrected chi connectivity index (χ4v) is 3.13. The summed E-state index contributed by atoms with van der Waals surface area (Å²) < 4.78 is 0. The molecule has 4 heteroatoms. The second-order valence-corrected chi connectivity index (χ2v) is 6.22. The summed E-state index contributed by atoms with van der Waals surface area (Å²) in [6, 6.07) is 13.8. The van der Waals surface area contributed by atoms with Crippen molar-refractivity contribution < 1.29 is 4.79 Å². The number of aromatic nitrogens is 1. The lowest BCUT2D eigenvalue weighted by atomic mass is 9.95. The fourth-order valence-electron chi connectivity index (χ4n) is 3.13. The van der Waals surface area contributed by atoms with Gasteiger partial charge in [0, 0.05) is 32.4 Å². The van der Waals surface area contributed by atoms with Crippen LogP contribution >= 0.6 is 0 Å². The lowest BCUT2D eigenvalue weighted by Gasteiger charge is -2.36. The number of nitrogens with zero attached hydrogens (tertiary/aromatic N) is 3. The molecule has 1 amide bonds. The van der Waals surface area contributed by atoms with E-state index in [0.29, 0.717) is 0 Å². The highest BCUT2D eigenvalue weighted by Crippen LogP contribution is 2.32. The Kier molecular flexibility index (Phi) is 4.60. The van der Waals surface area contributed by atoms with Crippen LogP contribution in [0.25, 0.3) is 0 Å². The van der Waals surface area contributed by atoms with Crippen molar-refractivity contribution in [3.63, 3.8) is 0 Å². The molecule has 1 aromatic carbocycles. The number of amides is 1. The Morgan fingerprint density at radius 1 is 1.13 bits per heavy atom. The van der Waals surface area contributed by atoms with Crippen LogP contribution in [-0.2, 0) is 0 Å². The fraction of sp³-hybridized carbons (Fsp3) is 0.368. The van der Waals surface area contributed by atoms with E-state index < -0.39 is 0 Å². The van der Waals surface area contributed by atoms with Gasteiger partial charge in [0.05, 0.1) is 6.04 Å². The number of pyridine rings is 1. The van der Waals surface area contributed by atoms with Gasteiger partial charge in [0.2, 0.25) is 0 Å². The van der Waals surface area contributed by atoms with Gasteiger partial charge >= 0.3 is 0 Å². The van der Waals surface area contributed by atoms with Crippen LogP contribution in [0.3, 0.4) is 0 Å². The molecule has 2 heterocycles. The van der Waals surface area contributed by atoms with Crippen LogP contribution in [0, 0.1) is 0 Å². The van der Waals surface area contributed by atoms with Gasteiger partial charge in [-0.05, 0) is 43.0 Å². The van der Waals surface area contributed by atoms with Gasteiger partial charge in [0.1, 0.15) is 5.82 Å². The van der Waals surface area contributed by atoms with E-state index in [-0.39, 0.29) is 11.9 Å². The summed E-state index contributed by atoms with van der Waals surface area (Å²) in [7, 11) is 3.96.